The molecule has 1 aromatic rings. The molecule has 0 saturated carbocycles. The molecule has 0 aliphatic heterocycles. The SMILES string of the molecule is CCCC(NC(=O)Cn1[nH]c(=O)ccc1=O)C(=O)O. The maximum Gasteiger partial charge on any atom is 0.326 e. The van der Waals surface area contributed by atoms with Crippen molar-refractivity contribution in [1.82, 2.24) is 15.1 Å². The average Bonchev–Trinajstić information content (AvgIpc) is 2.33. The van der Waals surface area contributed by atoms with Gasteiger partial charge in [-0.2, -0.15) is 0 Å². The summed E-state index contributed by atoms with van der Waals surface area (Å²) in [5.41, 5.74) is -1.06. The van der Waals surface area contributed by atoms with Gasteiger partial charge in [-0.3, -0.25) is 19.5 Å². The number of aromatic nitrogens is 2. The van der Waals surface area contributed by atoms with Crippen molar-refractivity contribution in [2.45, 2.75) is 32.4 Å². The monoisotopic (exact) mass is 269 g/mol. The Balaban J connectivity index is 2.74. The number of carbonyl (C=O) groups excluding carboxylic acids is 1. The van der Waals surface area contributed by atoms with E-state index in [4.69, 9.17) is 5.11 Å². The van der Waals surface area contributed by atoms with E-state index in [1.54, 1.807) is 6.92 Å². The molecular formula is C11H15N3O5. The molecular weight excluding hydrogens is 254 g/mol. The molecule has 0 bridgehead atoms. The molecule has 0 aliphatic carbocycles. The second-order valence-corrected chi connectivity index (χ2v) is 3.98. The molecule has 0 saturated heterocycles. The van der Waals surface area contributed by atoms with Gasteiger partial charge < -0.3 is 10.4 Å². The lowest BCUT2D eigenvalue weighted by molar-refractivity contribution is -0.142. The zero-order chi connectivity index (χ0) is 14.4. The molecule has 0 aromatic carbocycles. The summed E-state index contributed by atoms with van der Waals surface area (Å²) in [7, 11) is 0. The fraction of sp³-hybridized carbons (Fsp3) is 0.455. The highest BCUT2D eigenvalue weighted by Crippen LogP contribution is 1.96. The number of hydrogen-bond donors (Lipinski definition) is 3. The fourth-order valence-corrected chi connectivity index (χ4v) is 1.51. The minimum atomic E-state index is -1.14. The van der Waals surface area contributed by atoms with E-state index in [2.05, 4.69) is 10.4 Å². The topological polar surface area (TPSA) is 121 Å². The Morgan fingerprint density at radius 1 is 1.42 bits per heavy atom. The van der Waals surface area contributed by atoms with Crippen LogP contribution in [0.2, 0.25) is 0 Å². The molecule has 0 aliphatic rings. The minimum absolute atomic E-state index is 0.293. The van der Waals surface area contributed by atoms with Crippen molar-refractivity contribution in [1.29, 1.82) is 0 Å². The van der Waals surface area contributed by atoms with E-state index in [0.29, 0.717) is 12.8 Å². The quantitative estimate of drug-likeness (QED) is 0.605. The predicted molar refractivity (Wildman–Crippen MR) is 65.8 cm³/mol. The normalized spacial score (nSPS) is 11.8. The zero-order valence-corrected chi connectivity index (χ0v) is 10.4. The largest absolute Gasteiger partial charge is 0.480 e. The summed E-state index contributed by atoms with van der Waals surface area (Å²) < 4.78 is 0.822. The Morgan fingerprint density at radius 2 is 2.11 bits per heavy atom. The van der Waals surface area contributed by atoms with Crippen LogP contribution in [0.15, 0.2) is 21.7 Å². The van der Waals surface area contributed by atoms with Gasteiger partial charge in [-0.1, -0.05) is 13.3 Å². The number of carboxylic acid groups (broad SMARTS) is 1. The lowest BCUT2D eigenvalue weighted by Gasteiger charge is -2.13. The molecule has 3 N–H and O–H groups in total. The molecule has 8 heteroatoms. The molecule has 8 nitrogen and oxygen atoms in total. The van der Waals surface area contributed by atoms with E-state index in [1.807, 2.05) is 0 Å². The third-order valence-electron chi connectivity index (χ3n) is 2.40. The van der Waals surface area contributed by atoms with E-state index in [0.717, 1.165) is 16.8 Å². The van der Waals surface area contributed by atoms with Crippen LogP contribution in [0, 0.1) is 0 Å². The number of nitrogens with one attached hydrogen (secondary N) is 2. The first kappa shape index (κ1) is 14.7. The van der Waals surface area contributed by atoms with Crippen LogP contribution in [-0.4, -0.2) is 32.8 Å². The van der Waals surface area contributed by atoms with Gasteiger partial charge in [0.1, 0.15) is 12.6 Å². The van der Waals surface area contributed by atoms with Crippen LogP contribution < -0.4 is 16.4 Å². The number of H-pyrrole nitrogens is 1. The minimum Gasteiger partial charge on any atom is -0.480 e. The lowest BCUT2D eigenvalue weighted by Crippen LogP contribution is -2.44. The Bertz CT molecular complexity index is 574. The summed E-state index contributed by atoms with van der Waals surface area (Å²) in [4.78, 5) is 44.8. The number of hydrogen-bond acceptors (Lipinski definition) is 4. The smallest absolute Gasteiger partial charge is 0.326 e. The molecule has 19 heavy (non-hydrogen) atoms. The van der Waals surface area contributed by atoms with Crippen LogP contribution in [-0.2, 0) is 16.1 Å². The number of aromatic amines is 1. The van der Waals surface area contributed by atoms with Gasteiger partial charge in [-0.25, -0.2) is 9.48 Å². The molecule has 1 rings (SSSR count). The van der Waals surface area contributed by atoms with Crippen molar-refractivity contribution in [3.8, 4) is 0 Å². The van der Waals surface area contributed by atoms with Gasteiger partial charge in [0.15, 0.2) is 0 Å². The van der Waals surface area contributed by atoms with Gasteiger partial charge in [-0.05, 0) is 6.42 Å². The van der Waals surface area contributed by atoms with E-state index in [1.165, 1.54) is 0 Å². The Hall–Kier alpha value is -2.38. The molecule has 1 heterocycles. The number of aliphatic carboxylic acids is 1. The zero-order valence-electron chi connectivity index (χ0n) is 10.4. The predicted octanol–water partition coefficient (Wildman–Crippen LogP) is -1.09. The maximum absolute atomic E-state index is 11.6. The molecule has 1 amide bonds. The van der Waals surface area contributed by atoms with Crippen LogP contribution in [0.25, 0.3) is 0 Å². The van der Waals surface area contributed by atoms with Crippen molar-refractivity contribution in [3.05, 3.63) is 32.8 Å². The number of carboxylic acids is 1. The van der Waals surface area contributed by atoms with Crippen LogP contribution in [0.1, 0.15) is 19.8 Å². The highest BCUT2D eigenvalue weighted by atomic mass is 16.4. The van der Waals surface area contributed by atoms with Gasteiger partial charge in [0.2, 0.25) is 5.91 Å². The Morgan fingerprint density at radius 3 is 2.68 bits per heavy atom. The van der Waals surface area contributed by atoms with Gasteiger partial charge in [-0.15, -0.1) is 0 Å². The summed E-state index contributed by atoms with van der Waals surface area (Å²) in [6.07, 6.45) is 0.890. The molecule has 0 fully saturated rings. The molecule has 0 radical (unpaired) electrons. The van der Waals surface area contributed by atoms with Crippen LogP contribution in [0.5, 0.6) is 0 Å². The maximum atomic E-state index is 11.6. The van der Waals surface area contributed by atoms with Gasteiger partial charge >= 0.3 is 5.97 Å². The van der Waals surface area contributed by atoms with Gasteiger partial charge in [0.05, 0.1) is 0 Å². The van der Waals surface area contributed by atoms with E-state index >= 15 is 0 Å². The highest BCUT2D eigenvalue weighted by molar-refractivity contribution is 5.83. The first-order valence-electron chi connectivity index (χ1n) is 5.76. The van der Waals surface area contributed by atoms with Crippen molar-refractivity contribution in [3.63, 3.8) is 0 Å². The van der Waals surface area contributed by atoms with Crippen LogP contribution in [0.4, 0.5) is 0 Å². The molecule has 0 spiro atoms. The van der Waals surface area contributed by atoms with Crippen molar-refractivity contribution >= 4 is 11.9 Å². The average molecular weight is 269 g/mol. The van der Waals surface area contributed by atoms with E-state index in [9.17, 15) is 19.2 Å². The fourth-order valence-electron chi connectivity index (χ4n) is 1.51. The molecule has 104 valence electrons. The number of rotatable bonds is 6. The first-order chi connectivity index (χ1) is 8.93. The number of carbonyl (C=O) groups is 2. The number of amides is 1. The van der Waals surface area contributed by atoms with Gasteiger partial charge in [0.25, 0.3) is 11.1 Å². The van der Waals surface area contributed by atoms with Crippen molar-refractivity contribution in [2.75, 3.05) is 0 Å². The third-order valence-corrected chi connectivity index (χ3v) is 2.40. The molecule has 1 aromatic heterocycles. The second-order valence-electron chi connectivity index (χ2n) is 3.98. The molecule has 1 unspecified atom stereocenters. The Labute approximate surface area is 108 Å². The number of nitrogens with zero attached hydrogens (tertiary/aromatic N) is 1. The standard InChI is InChI=1S/C11H15N3O5/c1-2-3-7(11(18)19)12-9(16)6-14-10(17)5-4-8(15)13-14/h4-5,7H,2-3,6H2,1H3,(H,12,16)(H,13,15)(H,18,19). The summed E-state index contributed by atoms with van der Waals surface area (Å²) in [5.74, 6) is -1.78. The van der Waals surface area contributed by atoms with E-state index in [-0.39, 0.29) is 0 Å². The van der Waals surface area contributed by atoms with Crippen LogP contribution in [0.3, 0.4) is 0 Å². The van der Waals surface area contributed by atoms with Crippen molar-refractivity contribution < 1.29 is 14.7 Å². The van der Waals surface area contributed by atoms with Crippen LogP contribution >= 0.6 is 0 Å². The second kappa shape index (κ2) is 6.53. The summed E-state index contributed by atoms with van der Waals surface area (Å²) in [6, 6.07) is 1.09. The summed E-state index contributed by atoms with van der Waals surface area (Å²) in [5, 5.41) is 13.4. The summed E-state index contributed by atoms with van der Waals surface area (Å²) in [6.45, 7) is 1.36. The van der Waals surface area contributed by atoms with E-state index < -0.39 is 35.6 Å². The van der Waals surface area contributed by atoms with Crippen molar-refractivity contribution in [2.24, 2.45) is 0 Å². The lowest BCUT2D eigenvalue weighted by atomic mass is 10.1. The molecule has 1 atom stereocenters. The highest BCUT2D eigenvalue weighted by Gasteiger charge is 2.19. The van der Waals surface area contributed by atoms with Gasteiger partial charge in [0, 0.05) is 12.1 Å². The first-order valence-corrected chi connectivity index (χ1v) is 5.76. The Kier molecular flexibility index (Phi) is 5.04. The summed E-state index contributed by atoms with van der Waals surface area (Å²) >= 11 is 0. The third kappa shape index (κ3) is 4.41.